The molecule has 0 amide bonds. The Labute approximate surface area is 106 Å². The molecule has 0 spiro atoms. The Kier molecular flexibility index (Phi) is 1.90. The molecule has 0 N–H and O–H groups in total. The van der Waals surface area contributed by atoms with Crippen molar-refractivity contribution >= 4 is 22.9 Å². The van der Waals surface area contributed by atoms with E-state index in [0.717, 1.165) is 0 Å². The lowest BCUT2D eigenvalue weighted by molar-refractivity contribution is 0.732. The van der Waals surface area contributed by atoms with Gasteiger partial charge in [0.05, 0.1) is 0 Å². The molecule has 86 valence electrons. The summed E-state index contributed by atoms with van der Waals surface area (Å²) in [5.74, 6) is 0.871. The molecule has 0 nitrogen and oxygen atoms in total. The van der Waals surface area contributed by atoms with E-state index >= 15 is 0 Å². The van der Waals surface area contributed by atoms with E-state index in [9.17, 15) is 0 Å². The van der Waals surface area contributed by atoms with Crippen LogP contribution in [0.2, 0.25) is 0 Å². The minimum Gasteiger partial charge on any atom is -0.102 e. The lowest BCUT2D eigenvalue weighted by Gasteiger charge is -2.27. The first-order valence-corrected chi connectivity index (χ1v) is 6.43. The van der Waals surface area contributed by atoms with Crippen molar-refractivity contribution in [1.82, 2.24) is 0 Å². The average Bonchev–Trinajstić information content (AvgIpc) is 2.44. The van der Waals surface area contributed by atoms with Crippen molar-refractivity contribution in [3.63, 3.8) is 0 Å². The largest absolute Gasteiger partial charge is 0.102 e. The highest BCUT2D eigenvalue weighted by atomic mass is 14.3. The summed E-state index contributed by atoms with van der Waals surface area (Å²) < 4.78 is 0. The third-order valence-corrected chi connectivity index (χ3v) is 4.14. The number of hydrogen-bond donors (Lipinski definition) is 0. The number of hydrogen-bond acceptors (Lipinski definition) is 0. The molecule has 4 rings (SSSR count). The maximum absolute atomic E-state index is 4.00. The second-order valence-corrected chi connectivity index (χ2v) is 5.07. The molecule has 2 aromatic rings. The Morgan fingerprint density at radius 3 is 2.89 bits per heavy atom. The lowest BCUT2D eigenvalue weighted by Crippen LogP contribution is -2.27. The van der Waals surface area contributed by atoms with Crippen LogP contribution in [0.5, 0.6) is 0 Å². The summed E-state index contributed by atoms with van der Waals surface area (Å²) in [5.41, 5.74) is 1.48. The Bertz CT molecular complexity index is 806. The molecule has 0 saturated heterocycles. The first-order valence-electron chi connectivity index (χ1n) is 6.43. The van der Waals surface area contributed by atoms with Gasteiger partial charge in [0.15, 0.2) is 0 Å². The standard InChI is InChI=1S/C18H14/c1-2-12-11-15-7-3-5-13-9-10-14-6-4-8-16(12)18(14)17(13)15/h2-12,16H,1H2. The van der Waals surface area contributed by atoms with Gasteiger partial charge in [0, 0.05) is 11.8 Å². The normalized spacial score (nSPS) is 23.3. The van der Waals surface area contributed by atoms with Gasteiger partial charge in [-0.3, -0.25) is 0 Å². The Hall–Kier alpha value is -2.08. The number of rotatable bonds is 1. The molecular weight excluding hydrogens is 216 g/mol. The molecule has 18 heavy (non-hydrogen) atoms. The van der Waals surface area contributed by atoms with Gasteiger partial charge in [-0.15, -0.1) is 6.58 Å². The molecule has 2 aromatic carbocycles. The summed E-state index contributed by atoms with van der Waals surface area (Å²) in [6, 6.07) is 11.0. The molecule has 0 saturated carbocycles. The topological polar surface area (TPSA) is 0 Å². The van der Waals surface area contributed by atoms with Crippen molar-refractivity contribution in [1.29, 1.82) is 0 Å². The van der Waals surface area contributed by atoms with Crippen molar-refractivity contribution in [2.75, 3.05) is 0 Å². The summed E-state index contributed by atoms with van der Waals surface area (Å²) in [7, 11) is 0. The molecule has 2 atom stereocenters. The van der Waals surface area contributed by atoms with E-state index in [4.69, 9.17) is 0 Å². The molecule has 0 heterocycles. The van der Waals surface area contributed by atoms with Gasteiger partial charge in [-0.05, 0) is 26.8 Å². The zero-order chi connectivity index (χ0) is 12.1. The summed E-state index contributed by atoms with van der Waals surface area (Å²) in [6.45, 7) is 4.00. The highest BCUT2D eigenvalue weighted by Gasteiger charge is 2.24. The third-order valence-electron chi connectivity index (χ3n) is 4.14. The molecule has 0 heteroatoms. The quantitative estimate of drug-likeness (QED) is 0.661. The fourth-order valence-electron chi connectivity index (χ4n) is 3.32. The van der Waals surface area contributed by atoms with E-state index in [1.807, 2.05) is 0 Å². The molecule has 0 aromatic heterocycles. The maximum atomic E-state index is 4.00. The van der Waals surface area contributed by atoms with E-state index in [0.29, 0.717) is 11.8 Å². The van der Waals surface area contributed by atoms with Crippen LogP contribution in [0.15, 0.2) is 55.1 Å². The monoisotopic (exact) mass is 230 g/mol. The SMILES string of the molecule is C=CC1C=c2cccc3ccc4c(c23)C1C=CC=4. The fourth-order valence-corrected chi connectivity index (χ4v) is 3.32. The van der Waals surface area contributed by atoms with Gasteiger partial charge in [0.25, 0.3) is 0 Å². The van der Waals surface area contributed by atoms with Crippen LogP contribution in [0, 0.1) is 5.92 Å². The maximum Gasteiger partial charge on any atom is 0.0131 e. The van der Waals surface area contributed by atoms with Crippen LogP contribution in [0.25, 0.3) is 22.9 Å². The van der Waals surface area contributed by atoms with Crippen LogP contribution < -0.4 is 10.4 Å². The highest BCUT2D eigenvalue weighted by Crippen LogP contribution is 2.34. The zero-order valence-corrected chi connectivity index (χ0v) is 10.1. The van der Waals surface area contributed by atoms with E-state index in [1.165, 1.54) is 26.8 Å². The lowest BCUT2D eigenvalue weighted by atomic mass is 9.76. The smallest absolute Gasteiger partial charge is 0.0131 e. The van der Waals surface area contributed by atoms with Crippen LogP contribution in [0.1, 0.15) is 11.5 Å². The fraction of sp³-hybridized carbons (Fsp3) is 0.111. The summed E-state index contributed by atoms with van der Waals surface area (Å²) >= 11 is 0. The minimum atomic E-state index is 0.411. The second kappa shape index (κ2) is 3.46. The average molecular weight is 230 g/mol. The predicted molar refractivity (Wildman–Crippen MR) is 77.7 cm³/mol. The molecule has 2 unspecified atom stereocenters. The summed E-state index contributed by atoms with van der Waals surface area (Å²) in [4.78, 5) is 0. The van der Waals surface area contributed by atoms with Crippen LogP contribution in [0.3, 0.4) is 0 Å². The molecule has 0 aliphatic heterocycles. The van der Waals surface area contributed by atoms with Crippen LogP contribution in [0.4, 0.5) is 0 Å². The van der Waals surface area contributed by atoms with E-state index in [-0.39, 0.29) is 0 Å². The first-order chi connectivity index (χ1) is 8.88. The van der Waals surface area contributed by atoms with Crippen molar-refractivity contribution in [2.24, 2.45) is 5.92 Å². The van der Waals surface area contributed by atoms with Gasteiger partial charge >= 0.3 is 0 Å². The van der Waals surface area contributed by atoms with Gasteiger partial charge in [-0.1, -0.05) is 60.7 Å². The van der Waals surface area contributed by atoms with E-state index < -0.39 is 0 Å². The molecule has 0 bridgehead atoms. The molecule has 0 fully saturated rings. The van der Waals surface area contributed by atoms with Gasteiger partial charge in [0.1, 0.15) is 0 Å². The second-order valence-electron chi connectivity index (χ2n) is 5.07. The van der Waals surface area contributed by atoms with Crippen LogP contribution in [-0.4, -0.2) is 0 Å². The first kappa shape index (κ1) is 9.90. The van der Waals surface area contributed by atoms with Crippen LogP contribution >= 0.6 is 0 Å². The van der Waals surface area contributed by atoms with Gasteiger partial charge in [0.2, 0.25) is 0 Å². The van der Waals surface area contributed by atoms with Crippen molar-refractivity contribution in [3.05, 3.63) is 71.1 Å². The number of allylic oxidation sites excluding steroid dienone is 3. The third kappa shape index (κ3) is 1.15. The Balaban J connectivity index is 2.29. The molecule has 0 radical (unpaired) electrons. The zero-order valence-electron chi connectivity index (χ0n) is 10.1. The summed E-state index contributed by atoms with van der Waals surface area (Å²) in [6.07, 6.45) is 11.1. The van der Waals surface area contributed by atoms with Gasteiger partial charge < -0.3 is 0 Å². The Morgan fingerprint density at radius 1 is 1.06 bits per heavy atom. The summed E-state index contributed by atoms with van der Waals surface area (Å²) in [5, 5.41) is 5.49. The molecular formula is C18H14. The number of benzene rings is 2. The predicted octanol–water partition coefficient (Wildman–Crippen LogP) is 2.87. The van der Waals surface area contributed by atoms with Crippen LogP contribution in [-0.2, 0) is 0 Å². The minimum absolute atomic E-state index is 0.411. The van der Waals surface area contributed by atoms with Crippen molar-refractivity contribution in [2.45, 2.75) is 5.92 Å². The highest BCUT2D eigenvalue weighted by molar-refractivity contribution is 5.90. The van der Waals surface area contributed by atoms with E-state index in [1.54, 1.807) is 0 Å². The van der Waals surface area contributed by atoms with Crippen molar-refractivity contribution in [3.8, 4) is 0 Å². The molecule has 2 aliphatic rings. The molecule has 2 aliphatic carbocycles. The van der Waals surface area contributed by atoms with Crippen molar-refractivity contribution < 1.29 is 0 Å². The van der Waals surface area contributed by atoms with Gasteiger partial charge in [-0.25, -0.2) is 0 Å². The van der Waals surface area contributed by atoms with E-state index in [2.05, 4.69) is 67.3 Å². The Morgan fingerprint density at radius 2 is 2.00 bits per heavy atom. The van der Waals surface area contributed by atoms with Gasteiger partial charge in [-0.2, -0.15) is 0 Å².